The van der Waals surface area contributed by atoms with E-state index in [0.29, 0.717) is 12.3 Å². The van der Waals surface area contributed by atoms with Crippen molar-refractivity contribution in [3.05, 3.63) is 0 Å². The number of nitrogens with two attached hydrogens (primary N) is 1. The molecule has 1 aliphatic carbocycles. The van der Waals surface area contributed by atoms with Gasteiger partial charge in [-0.25, -0.2) is 0 Å². The summed E-state index contributed by atoms with van der Waals surface area (Å²) in [5, 5.41) is 3.44. The van der Waals surface area contributed by atoms with Crippen molar-refractivity contribution in [3.8, 4) is 0 Å². The van der Waals surface area contributed by atoms with Gasteiger partial charge < -0.3 is 20.7 Å². The number of amides is 1. The van der Waals surface area contributed by atoms with Gasteiger partial charge in [0.25, 0.3) is 0 Å². The van der Waals surface area contributed by atoms with E-state index >= 15 is 0 Å². The van der Waals surface area contributed by atoms with Crippen LogP contribution in [0.3, 0.4) is 0 Å². The summed E-state index contributed by atoms with van der Waals surface area (Å²) < 4.78 is 6.29. The van der Waals surface area contributed by atoms with Crippen LogP contribution in [0.4, 0.5) is 0 Å². The topological polar surface area (TPSA) is 79.9 Å². The summed E-state index contributed by atoms with van der Waals surface area (Å²) in [6.07, 6.45) is 9.68. The average Bonchev–Trinajstić information content (AvgIpc) is 2.64. The summed E-state index contributed by atoms with van der Waals surface area (Å²) >= 11 is 0. The third kappa shape index (κ3) is 6.45. The van der Waals surface area contributed by atoms with Crippen LogP contribution < -0.4 is 11.1 Å². The molecule has 0 aromatic heterocycles. The Morgan fingerprint density at radius 1 is 1.27 bits per heavy atom. The van der Waals surface area contributed by atoms with Crippen LogP contribution in [0, 0.1) is 5.92 Å². The van der Waals surface area contributed by atoms with E-state index in [1.54, 1.807) is 0 Å². The summed E-state index contributed by atoms with van der Waals surface area (Å²) in [6, 6.07) is 0. The van der Waals surface area contributed by atoms with Crippen molar-refractivity contribution in [1.82, 2.24) is 10.2 Å². The van der Waals surface area contributed by atoms with Gasteiger partial charge in [-0.1, -0.05) is 26.2 Å². The molecule has 2 fully saturated rings. The molecule has 1 amide bonds. The number of piperidine rings is 1. The zero-order valence-electron chi connectivity index (χ0n) is 16.8. The second kappa shape index (κ2) is 10.8. The summed E-state index contributed by atoms with van der Waals surface area (Å²) in [5.74, 6) is 1.10. The van der Waals surface area contributed by atoms with E-state index < -0.39 is 0 Å². The van der Waals surface area contributed by atoms with Crippen LogP contribution in [-0.2, 0) is 9.53 Å². The Hall–Kier alpha value is -1.30. The smallest absolute Gasteiger partial charge is 0.217 e. The molecule has 1 atom stereocenters. The lowest BCUT2D eigenvalue weighted by Gasteiger charge is -2.38. The molecule has 1 saturated heterocycles. The van der Waals surface area contributed by atoms with Crippen molar-refractivity contribution in [3.63, 3.8) is 0 Å². The SMILES string of the molecule is CCCOC1(CN=C(NCC)N2CCCC(CC(N)=O)C2)CCCCC1. The van der Waals surface area contributed by atoms with Crippen molar-refractivity contribution in [2.75, 3.05) is 32.8 Å². The molecular formula is C20H38N4O2. The third-order valence-electron chi connectivity index (χ3n) is 5.54. The number of hydrogen-bond donors (Lipinski definition) is 2. The molecule has 1 heterocycles. The Labute approximate surface area is 158 Å². The fourth-order valence-corrected chi connectivity index (χ4v) is 4.22. The quantitative estimate of drug-likeness (QED) is 0.511. The van der Waals surface area contributed by atoms with Crippen LogP contribution in [0.2, 0.25) is 0 Å². The van der Waals surface area contributed by atoms with Gasteiger partial charge in [-0.15, -0.1) is 0 Å². The van der Waals surface area contributed by atoms with Crippen molar-refractivity contribution in [2.45, 2.75) is 77.2 Å². The summed E-state index contributed by atoms with van der Waals surface area (Å²) in [4.78, 5) is 18.6. The molecule has 6 heteroatoms. The molecule has 0 spiro atoms. The number of primary amides is 1. The van der Waals surface area contributed by atoms with E-state index in [-0.39, 0.29) is 11.5 Å². The monoisotopic (exact) mass is 366 g/mol. The van der Waals surface area contributed by atoms with Gasteiger partial charge in [0.1, 0.15) is 0 Å². The van der Waals surface area contributed by atoms with E-state index in [2.05, 4.69) is 24.1 Å². The molecule has 0 aromatic rings. The highest BCUT2D eigenvalue weighted by Gasteiger charge is 2.33. The molecule has 0 radical (unpaired) electrons. The Bertz CT molecular complexity index is 461. The fourth-order valence-electron chi connectivity index (χ4n) is 4.22. The van der Waals surface area contributed by atoms with Crippen LogP contribution in [0.1, 0.15) is 71.6 Å². The molecule has 0 bridgehead atoms. The minimum Gasteiger partial charge on any atom is -0.373 e. The number of hydrogen-bond acceptors (Lipinski definition) is 3. The molecule has 3 N–H and O–H groups in total. The largest absolute Gasteiger partial charge is 0.373 e. The number of guanidine groups is 1. The molecular weight excluding hydrogens is 328 g/mol. The van der Waals surface area contributed by atoms with Crippen molar-refractivity contribution >= 4 is 11.9 Å². The lowest BCUT2D eigenvalue weighted by atomic mass is 9.84. The minimum absolute atomic E-state index is 0.0860. The second-order valence-corrected chi connectivity index (χ2v) is 7.89. The molecule has 1 aliphatic heterocycles. The first-order valence-corrected chi connectivity index (χ1v) is 10.5. The normalized spacial score (nSPS) is 23.7. The summed E-state index contributed by atoms with van der Waals surface area (Å²) in [5.41, 5.74) is 5.32. The number of rotatable bonds is 8. The Morgan fingerprint density at radius 2 is 2.04 bits per heavy atom. The van der Waals surface area contributed by atoms with Gasteiger partial charge in [0, 0.05) is 32.7 Å². The number of carbonyl (C=O) groups excluding carboxylic acids is 1. The average molecular weight is 367 g/mol. The van der Waals surface area contributed by atoms with Crippen LogP contribution >= 0.6 is 0 Å². The molecule has 2 aliphatic rings. The van der Waals surface area contributed by atoms with Gasteiger partial charge in [-0.05, 0) is 44.9 Å². The zero-order chi connectivity index (χ0) is 18.8. The van der Waals surface area contributed by atoms with Crippen molar-refractivity contribution in [1.29, 1.82) is 0 Å². The third-order valence-corrected chi connectivity index (χ3v) is 5.54. The first-order valence-electron chi connectivity index (χ1n) is 10.5. The molecule has 26 heavy (non-hydrogen) atoms. The van der Waals surface area contributed by atoms with Gasteiger partial charge in [-0.3, -0.25) is 9.79 Å². The van der Waals surface area contributed by atoms with Crippen LogP contribution in [0.5, 0.6) is 0 Å². The van der Waals surface area contributed by atoms with Gasteiger partial charge >= 0.3 is 0 Å². The Kier molecular flexibility index (Phi) is 8.69. The van der Waals surface area contributed by atoms with Crippen molar-refractivity contribution < 1.29 is 9.53 Å². The number of carbonyl (C=O) groups is 1. The standard InChI is InChI=1S/C20H38N4O2/c1-3-13-26-20(10-6-5-7-11-20)16-23-19(22-4-2)24-12-8-9-17(15-24)14-18(21)25/h17H,3-16H2,1-2H3,(H2,21,25)(H,22,23). The van der Waals surface area contributed by atoms with Crippen LogP contribution in [0.15, 0.2) is 4.99 Å². The summed E-state index contributed by atoms with van der Waals surface area (Å²) in [6.45, 7) is 8.50. The molecule has 6 nitrogen and oxygen atoms in total. The number of nitrogens with one attached hydrogen (secondary N) is 1. The molecule has 0 aromatic carbocycles. The van der Waals surface area contributed by atoms with E-state index in [1.165, 1.54) is 19.3 Å². The highest BCUT2D eigenvalue weighted by Crippen LogP contribution is 2.32. The first-order chi connectivity index (χ1) is 12.6. The Morgan fingerprint density at radius 3 is 2.69 bits per heavy atom. The van der Waals surface area contributed by atoms with Crippen LogP contribution in [0.25, 0.3) is 0 Å². The lowest BCUT2D eigenvalue weighted by Crippen LogP contribution is -2.48. The highest BCUT2D eigenvalue weighted by atomic mass is 16.5. The van der Waals surface area contributed by atoms with Crippen LogP contribution in [-0.4, -0.2) is 55.2 Å². The Balaban J connectivity index is 2.04. The maximum atomic E-state index is 11.3. The van der Waals surface area contributed by atoms with E-state index in [0.717, 1.165) is 70.8 Å². The summed E-state index contributed by atoms with van der Waals surface area (Å²) in [7, 11) is 0. The van der Waals surface area contributed by atoms with Gasteiger partial charge in [0.2, 0.25) is 5.91 Å². The van der Waals surface area contributed by atoms with E-state index in [4.69, 9.17) is 15.5 Å². The van der Waals surface area contributed by atoms with Gasteiger partial charge in [0.05, 0.1) is 12.1 Å². The highest BCUT2D eigenvalue weighted by molar-refractivity contribution is 5.80. The first kappa shape index (κ1) is 21.0. The molecule has 1 saturated carbocycles. The van der Waals surface area contributed by atoms with Gasteiger partial charge in [0.15, 0.2) is 5.96 Å². The maximum Gasteiger partial charge on any atom is 0.217 e. The van der Waals surface area contributed by atoms with Gasteiger partial charge in [-0.2, -0.15) is 0 Å². The predicted octanol–water partition coefficient (Wildman–Crippen LogP) is 2.67. The number of nitrogens with zero attached hydrogens (tertiary/aromatic N) is 2. The zero-order valence-corrected chi connectivity index (χ0v) is 16.8. The number of ether oxygens (including phenoxy) is 1. The predicted molar refractivity (Wildman–Crippen MR) is 106 cm³/mol. The fraction of sp³-hybridized carbons (Fsp3) is 0.900. The second-order valence-electron chi connectivity index (χ2n) is 7.89. The van der Waals surface area contributed by atoms with E-state index in [9.17, 15) is 4.79 Å². The minimum atomic E-state index is -0.201. The molecule has 1 unspecified atom stereocenters. The number of aliphatic imine (C=N–C) groups is 1. The number of likely N-dealkylation sites (tertiary alicyclic amines) is 1. The van der Waals surface area contributed by atoms with E-state index in [1.807, 2.05) is 0 Å². The molecule has 2 rings (SSSR count). The van der Waals surface area contributed by atoms with Crippen molar-refractivity contribution in [2.24, 2.45) is 16.6 Å². The molecule has 150 valence electrons. The maximum absolute atomic E-state index is 11.3. The lowest BCUT2D eigenvalue weighted by molar-refractivity contribution is -0.119.